The van der Waals surface area contributed by atoms with Gasteiger partial charge in [-0.05, 0) is 30.0 Å². The predicted octanol–water partition coefficient (Wildman–Crippen LogP) is 4.13. The summed E-state index contributed by atoms with van der Waals surface area (Å²) in [5.41, 5.74) is 2.10. The van der Waals surface area contributed by atoms with Crippen molar-refractivity contribution in [1.82, 2.24) is 0 Å². The molecule has 1 aliphatic rings. The number of ketones is 1. The maximum Gasteiger partial charge on any atom is 0.172 e. The van der Waals surface area contributed by atoms with Crippen LogP contribution in [-0.4, -0.2) is 11.5 Å². The fourth-order valence-corrected chi connectivity index (χ4v) is 4.14. The first-order valence-corrected chi connectivity index (χ1v) is 7.44. The van der Waals surface area contributed by atoms with Crippen LogP contribution in [0.25, 0.3) is 0 Å². The number of carbonyl (C=O) groups excluding carboxylic acids is 1. The van der Waals surface area contributed by atoms with Crippen LogP contribution in [-0.2, 0) is 0 Å². The van der Waals surface area contributed by atoms with Gasteiger partial charge < -0.3 is 0 Å². The average molecular weight is 260 g/mol. The Hall–Kier alpha value is -1.06. The molecule has 1 atom stereocenters. The van der Waals surface area contributed by atoms with Gasteiger partial charge in [-0.15, -0.1) is 23.1 Å². The first kappa shape index (κ1) is 11.1. The summed E-state index contributed by atoms with van der Waals surface area (Å²) < 4.78 is 0. The van der Waals surface area contributed by atoms with Crippen molar-refractivity contribution >= 4 is 28.9 Å². The standard InChI is InChI=1S/C14H12OS2/c1-9-10(6-7-16-9)14(15)12-8-17-13-5-3-2-4-11(12)13/h2-7,12H,8H2,1H3. The molecule has 1 aliphatic heterocycles. The van der Waals surface area contributed by atoms with Crippen molar-refractivity contribution in [3.63, 3.8) is 0 Å². The zero-order valence-electron chi connectivity index (χ0n) is 9.47. The van der Waals surface area contributed by atoms with Gasteiger partial charge in [0.05, 0.1) is 5.92 Å². The Morgan fingerprint density at radius 1 is 1.29 bits per heavy atom. The third-order valence-electron chi connectivity index (χ3n) is 3.14. The van der Waals surface area contributed by atoms with Gasteiger partial charge in [0.25, 0.3) is 0 Å². The molecule has 0 saturated heterocycles. The third-order valence-corrected chi connectivity index (χ3v) is 5.17. The Kier molecular flexibility index (Phi) is 2.81. The molecule has 3 heteroatoms. The molecule has 0 aliphatic carbocycles. The molecule has 0 bridgehead atoms. The largest absolute Gasteiger partial charge is 0.293 e. The zero-order chi connectivity index (χ0) is 11.8. The molecule has 0 saturated carbocycles. The van der Waals surface area contributed by atoms with Crippen LogP contribution in [0.1, 0.15) is 26.7 Å². The van der Waals surface area contributed by atoms with Crippen molar-refractivity contribution < 1.29 is 4.79 Å². The van der Waals surface area contributed by atoms with E-state index >= 15 is 0 Å². The summed E-state index contributed by atoms with van der Waals surface area (Å²) in [4.78, 5) is 14.9. The SMILES string of the molecule is Cc1sccc1C(=O)C1CSc2ccccc21. The van der Waals surface area contributed by atoms with Crippen LogP contribution in [0.2, 0.25) is 0 Å². The van der Waals surface area contributed by atoms with E-state index in [1.807, 2.05) is 30.5 Å². The van der Waals surface area contributed by atoms with E-state index in [9.17, 15) is 4.79 Å². The zero-order valence-corrected chi connectivity index (χ0v) is 11.1. The molecule has 3 rings (SSSR count). The highest BCUT2D eigenvalue weighted by molar-refractivity contribution is 7.99. The number of Topliss-reactive ketones (excluding diaryl/α,β-unsaturated/α-hetero) is 1. The second-order valence-electron chi connectivity index (χ2n) is 4.16. The maximum absolute atomic E-state index is 12.5. The van der Waals surface area contributed by atoms with Crippen LogP contribution in [0.15, 0.2) is 40.6 Å². The minimum Gasteiger partial charge on any atom is -0.293 e. The Balaban J connectivity index is 1.98. The lowest BCUT2D eigenvalue weighted by Crippen LogP contribution is -2.12. The Morgan fingerprint density at radius 2 is 2.12 bits per heavy atom. The van der Waals surface area contributed by atoms with E-state index in [0.29, 0.717) is 0 Å². The summed E-state index contributed by atoms with van der Waals surface area (Å²) >= 11 is 3.44. The van der Waals surface area contributed by atoms with Gasteiger partial charge in [0.2, 0.25) is 0 Å². The number of rotatable bonds is 2. The van der Waals surface area contributed by atoms with Gasteiger partial charge >= 0.3 is 0 Å². The van der Waals surface area contributed by atoms with Gasteiger partial charge in [0, 0.05) is 21.1 Å². The summed E-state index contributed by atoms with van der Waals surface area (Å²) in [6.07, 6.45) is 0. The third kappa shape index (κ3) is 1.83. The van der Waals surface area contributed by atoms with Crippen LogP contribution in [0.4, 0.5) is 0 Å². The van der Waals surface area contributed by atoms with E-state index in [4.69, 9.17) is 0 Å². The minimum absolute atomic E-state index is 0.0458. The summed E-state index contributed by atoms with van der Waals surface area (Å²) in [7, 11) is 0. The van der Waals surface area contributed by atoms with E-state index in [1.165, 1.54) is 10.5 Å². The van der Waals surface area contributed by atoms with Crippen LogP contribution < -0.4 is 0 Å². The molecular weight excluding hydrogens is 248 g/mol. The highest BCUT2D eigenvalue weighted by Gasteiger charge is 2.30. The molecule has 0 radical (unpaired) electrons. The van der Waals surface area contributed by atoms with Crippen molar-refractivity contribution in [2.75, 3.05) is 5.75 Å². The Morgan fingerprint density at radius 3 is 2.88 bits per heavy atom. The lowest BCUT2D eigenvalue weighted by Gasteiger charge is -2.09. The van der Waals surface area contributed by atoms with E-state index in [2.05, 4.69) is 12.1 Å². The van der Waals surface area contributed by atoms with Crippen molar-refractivity contribution in [2.24, 2.45) is 0 Å². The van der Waals surface area contributed by atoms with Crippen molar-refractivity contribution in [3.8, 4) is 0 Å². The first-order valence-electron chi connectivity index (χ1n) is 5.57. The van der Waals surface area contributed by atoms with Crippen molar-refractivity contribution in [2.45, 2.75) is 17.7 Å². The molecule has 1 aromatic heterocycles. The second-order valence-corrected chi connectivity index (χ2v) is 6.34. The van der Waals surface area contributed by atoms with Crippen molar-refractivity contribution in [3.05, 3.63) is 51.7 Å². The topological polar surface area (TPSA) is 17.1 Å². The molecule has 0 spiro atoms. The molecule has 2 heterocycles. The summed E-state index contributed by atoms with van der Waals surface area (Å²) in [6.45, 7) is 2.02. The normalized spacial score (nSPS) is 18.1. The molecule has 17 heavy (non-hydrogen) atoms. The van der Waals surface area contributed by atoms with Crippen LogP contribution in [0, 0.1) is 6.92 Å². The molecule has 0 amide bonds. The van der Waals surface area contributed by atoms with E-state index < -0.39 is 0 Å². The molecule has 1 nitrogen and oxygen atoms in total. The predicted molar refractivity (Wildman–Crippen MR) is 73.3 cm³/mol. The molecule has 86 valence electrons. The number of carbonyl (C=O) groups is 1. The Bertz CT molecular complexity index is 571. The monoisotopic (exact) mass is 260 g/mol. The van der Waals surface area contributed by atoms with Crippen molar-refractivity contribution in [1.29, 1.82) is 0 Å². The number of thioether (sulfide) groups is 1. The number of benzene rings is 1. The van der Waals surface area contributed by atoms with Crippen LogP contribution in [0.5, 0.6) is 0 Å². The second kappa shape index (κ2) is 4.31. The summed E-state index contributed by atoms with van der Waals surface area (Å²) in [5.74, 6) is 1.21. The molecule has 2 aromatic rings. The Labute approximate surface area is 109 Å². The number of aryl methyl sites for hydroxylation is 1. The van der Waals surface area contributed by atoms with E-state index in [0.717, 1.165) is 16.2 Å². The minimum atomic E-state index is 0.0458. The van der Waals surface area contributed by atoms with Crippen LogP contribution in [0.3, 0.4) is 0 Å². The fourth-order valence-electron chi connectivity index (χ4n) is 2.21. The highest BCUT2D eigenvalue weighted by atomic mass is 32.2. The van der Waals surface area contributed by atoms with Gasteiger partial charge in [-0.3, -0.25) is 4.79 Å². The average Bonchev–Trinajstić information content (AvgIpc) is 2.94. The lowest BCUT2D eigenvalue weighted by molar-refractivity contribution is 0.0968. The number of hydrogen-bond donors (Lipinski definition) is 0. The summed E-state index contributed by atoms with van der Waals surface area (Å²) in [6, 6.07) is 10.2. The first-order chi connectivity index (χ1) is 8.27. The lowest BCUT2D eigenvalue weighted by atomic mass is 9.93. The fraction of sp³-hybridized carbons (Fsp3) is 0.214. The van der Waals surface area contributed by atoms with Crippen LogP contribution >= 0.6 is 23.1 Å². The molecule has 0 N–H and O–H groups in total. The smallest absolute Gasteiger partial charge is 0.172 e. The van der Waals surface area contributed by atoms with Gasteiger partial charge in [-0.2, -0.15) is 0 Å². The van der Waals surface area contributed by atoms with Gasteiger partial charge in [0.15, 0.2) is 5.78 Å². The number of thiophene rings is 1. The van der Waals surface area contributed by atoms with E-state index in [-0.39, 0.29) is 11.7 Å². The molecular formula is C14H12OS2. The van der Waals surface area contributed by atoms with Gasteiger partial charge in [0.1, 0.15) is 0 Å². The van der Waals surface area contributed by atoms with E-state index in [1.54, 1.807) is 23.1 Å². The molecule has 0 fully saturated rings. The molecule has 1 unspecified atom stereocenters. The molecule has 1 aromatic carbocycles. The van der Waals surface area contributed by atoms with Gasteiger partial charge in [-0.25, -0.2) is 0 Å². The van der Waals surface area contributed by atoms with Gasteiger partial charge in [-0.1, -0.05) is 18.2 Å². The quantitative estimate of drug-likeness (QED) is 0.755. The maximum atomic E-state index is 12.5. The highest BCUT2D eigenvalue weighted by Crippen LogP contribution is 2.41. The number of hydrogen-bond acceptors (Lipinski definition) is 3. The summed E-state index contributed by atoms with van der Waals surface area (Å²) in [5, 5.41) is 2.00. The number of fused-ring (bicyclic) bond motifs is 1.